The van der Waals surface area contributed by atoms with Crippen LogP contribution in [0.25, 0.3) is 0 Å². The summed E-state index contributed by atoms with van der Waals surface area (Å²) in [5, 5.41) is 2.72. The van der Waals surface area contributed by atoms with Crippen LogP contribution in [0, 0.1) is 11.2 Å². The number of amides is 1. The van der Waals surface area contributed by atoms with Gasteiger partial charge in [0, 0.05) is 12.1 Å². The van der Waals surface area contributed by atoms with E-state index in [1.165, 1.54) is 7.11 Å². The number of carbonyl (C=O) groups is 1. The van der Waals surface area contributed by atoms with Gasteiger partial charge in [0.25, 0.3) is 5.88 Å². The minimum atomic E-state index is -4.40. The van der Waals surface area contributed by atoms with Crippen molar-refractivity contribution < 1.29 is 31.8 Å². The van der Waals surface area contributed by atoms with Crippen molar-refractivity contribution in [2.24, 2.45) is 5.41 Å². The SMILES string of the molecule is COc1nc(OCC2(C(F)(F)F)CC2)c(F)cc1CNC(=O)[C@@H]1CCCN1C. The topological polar surface area (TPSA) is 63.7 Å². The predicted octanol–water partition coefficient (Wildman–Crippen LogP) is 2.66. The van der Waals surface area contributed by atoms with E-state index in [9.17, 15) is 22.4 Å². The number of methoxy groups -OCH3 is 1. The Morgan fingerprint density at radius 1 is 1.39 bits per heavy atom. The average molecular weight is 405 g/mol. The van der Waals surface area contributed by atoms with Crippen molar-refractivity contribution in [1.82, 2.24) is 15.2 Å². The number of nitrogens with one attached hydrogen (secondary N) is 1. The summed E-state index contributed by atoms with van der Waals surface area (Å²) in [6, 6.07) is 0.830. The highest BCUT2D eigenvalue weighted by atomic mass is 19.4. The van der Waals surface area contributed by atoms with Crippen LogP contribution in [-0.4, -0.2) is 55.3 Å². The standard InChI is InChI=1S/C18H23F4N3O3/c1-25-7-3-4-13(25)14(26)23-9-11-8-12(19)16(24-15(11)27-2)28-10-17(5-6-17)18(20,21)22/h8,13H,3-7,9-10H2,1-2H3,(H,23,26)/t13-/m0/s1. The molecule has 1 saturated carbocycles. The molecular weight excluding hydrogens is 382 g/mol. The van der Waals surface area contributed by atoms with Gasteiger partial charge in [-0.25, -0.2) is 4.39 Å². The Bertz CT molecular complexity index is 738. The lowest BCUT2D eigenvalue weighted by molar-refractivity contribution is -0.194. The van der Waals surface area contributed by atoms with Gasteiger partial charge in [-0.2, -0.15) is 18.2 Å². The van der Waals surface area contributed by atoms with Crippen LogP contribution in [-0.2, 0) is 11.3 Å². The number of alkyl halides is 3. The van der Waals surface area contributed by atoms with Crippen LogP contribution in [0.5, 0.6) is 11.8 Å². The number of hydrogen-bond donors (Lipinski definition) is 1. The second kappa shape index (κ2) is 7.73. The highest BCUT2D eigenvalue weighted by Crippen LogP contribution is 2.57. The summed E-state index contributed by atoms with van der Waals surface area (Å²) in [6.07, 6.45) is -2.81. The van der Waals surface area contributed by atoms with Crippen LogP contribution in [0.2, 0.25) is 0 Å². The van der Waals surface area contributed by atoms with Crippen molar-refractivity contribution in [2.75, 3.05) is 27.3 Å². The zero-order chi connectivity index (χ0) is 20.5. The van der Waals surface area contributed by atoms with E-state index in [0.29, 0.717) is 0 Å². The summed E-state index contributed by atoms with van der Waals surface area (Å²) in [7, 11) is 3.16. The maximum atomic E-state index is 14.3. The number of nitrogens with zero attached hydrogens (tertiary/aromatic N) is 2. The van der Waals surface area contributed by atoms with Crippen LogP contribution in [0.4, 0.5) is 17.6 Å². The van der Waals surface area contributed by atoms with Gasteiger partial charge in [0.1, 0.15) is 12.0 Å². The number of hydrogen-bond acceptors (Lipinski definition) is 5. The molecule has 2 heterocycles. The Balaban J connectivity index is 1.65. The molecule has 1 N–H and O–H groups in total. The van der Waals surface area contributed by atoms with Gasteiger partial charge in [-0.1, -0.05) is 0 Å². The fourth-order valence-corrected chi connectivity index (χ4v) is 3.31. The van der Waals surface area contributed by atoms with Gasteiger partial charge in [0.05, 0.1) is 13.2 Å². The third-order valence-electron chi connectivity index (χ3n) is 5.39. The molecule has 0 unspecified atom stereocenters. The molecule has 1 aliphatic carbocycles. The van der Waals surface area contributed by atoms with Gasteiger partial charge in [-0.15, -0.1) is 0 Å². The number of carbonyl (C=O) groups excluding carboxylic acids is 1. The third kappa shape index (κ3) is 4.16. The van der Waals surface area contributed by atoms with Crippen LogP contribution >= 0.6 is 0 Å². The van der Waals surface area contributed by atoms with Crippen LogP contribution in [0.15, 0.2) is 6.07 Å². The molecule has 156 valence electrons. The monoisotopic (exact) mass is 405 g/mol. The maximum Gasteiger partial charge on any atom is 0.397 e. The van der Waals surface area contributed by atoms with E-state index < -0.39 is 29.9 Å². The van der Waals surface area contributed by atoms with E-state index in [-0.39, 0.29) is 42.8 Å². The van der Waals surface area contributed by atoms with Crippen molar-refractivity contribution in [1.29, 1.82) is 0 Å². The molecule has 1 aromatic heterocycles. The lowest BCUT2D eigenvalue weighted by atomic mass is 10.1. The molecular formula is C18H23F4N3O3. The van der Waals surface area contributed by atoms with Crippen molar-refractivity contribution in [3.05, 3.63) is 17.4 Å². The van der Waals surface area contributed by atoms with Gasteiger partial charge < -0.3 is 14.8 Å². The Morgan fingerprint density at radius 3 is 2.64 bits per heavy atom. The fraction of sp³-hybridized carbons (Fsp3) is 0.667. The van der Waals surface area contributed by atoms with Crippen molar-refractivity contribution in [2.45, 2.75) is 44.4 Å². The fourth-order valence-electron chi connectivity index (χ4n) is 3.31. The average Bonchev–Trinajstić information content (AvgIpc) is 3.33. The number of likely N-dealkylation sites (N-methyl/N-ethyl adjacent to an activating group) is 1. The Labute approximate surface area is 160 Å². The minimum absolute atomic E-state index is 0.00617. The molecule has 0 aromatic carbocycles. The number of rotatable bonds is 7. The molecule has 1 aliphatic heterocycles. The first-order valence-electron chi connectivity index (χ1n) is 9.08. The molecule has 10 heteroatoms. The third-order valence-corrected chi connectivity index (χ3v) is 5.39. The van der Waals surface area contributed by atoms with E-state index in [1.807, 2.05) is 11.9 Å². The number of aromatic nitrogens is 1. The summed E-state index contributed by atoms with van der Waals surface area (Å²) in [5.74, 6) is -1.63. The number of likely N-dealkylation sites (tertiary alicyclic amines) is 1. The zero-order valence-electron chi connectivity index (χ0n) is 15.7. The maximum absolute atomic E-state index is 14.3. The molecule has 1 amide bonds. The van der Waals surface area contributed by atoms with Crippen molar-refractivity contribution >= 4 is 5.91 Å². The first kappa shape index (κ1) is 20.6. The van der Waals surface area contributed by atoms with Crippen molar-refractivity contribution in [3.8, 4) is 11.8 Å². The van der Waals surface area contributed by atoms with Crippen LogP contribution in [0.3, 0.4) is 0 Å². The molecule has 0 spiro atoms. The van der Waals surface area contributed by atoms with Gasteiger partial charge >= 0.3 is 6.18 Å². The zero-order valence-corrected chi connectivity index (χ0v) is 15.7. The molecule has 28 heavy (non-hydrogen) atoms. The first-order chi connectivity index (χ1) is 13.2. The molecule has 1 saturated heterocycles. The molecule has 2 fully saturated rings. The molecule has 2 aliphatic rings. The highest BCUT2D eigenvalue weighted by Gasteiger charge is 2.64. The van der Waals surface area contributed by atoms with Gasteiger partial charge in [0.15, 0.2) is 5.82 Å². The Hall–Kier alpha value is -2.10. The van der Waals surface area contributed by atoms with E-state index in [4.69, 9.17) is 9.47 Å². The molecule has 3 rings (SSSR count). The highest BCUT2D eigenvalue weighted by molar-refractivity contribution is 5.82. The van der Waals surface area contributed by atoms with Crippen molar-refractivity contribution in [3.63, 3.8) is 0 Å². The lowest BCUT2D eigenvalue weighted by Crippen LogP contribution is -2.41. The number of pyridine rings is 1. The number of ether oxygens (including phenoxy) is 2. The van der Waals surface area contributed by atoms with E-state index in [0.717, 1.165) is 25.5 Å². The van der Waals surface area contributed by atoms with Crippen LogP contribution in [0.1, 0.15) is 31.2 Å². The minimum Gasteiger partial charge on any atom is -0.481 e. The van der Waals surface area contributed by atoms with Gasteiger partial charge in [0.2, 0.25) is 11.8 Å². The molecule has 0 radical (unpaired) electrons. The smallest absolute Gasteiger partial charge is 0.397 e. The Morgan fingerprint density at radius 2 is 2.11 bits per heavy atom. The molecule has 1 aromatic rings. The molecule has 6 nitrogen and oxygen atoms in total. The second-order valence-corrected chi connectivity index (χ2v) is 7.37. The molecule has 1 atom stereocenters. The van der Waals surface area contributed by atoms with E-state index in [1.54, 1.807) is 0 Å². The largest absolute Gasteiger partial charge is 0.481 e. The summed E-state index contributed by atoms with van der Waals surface area (Å²) in [4.78, 5) is 18.0. The van der Waals surface area contributed by atoms with E-state index in [2.05, 4.69) is 10.3 Å². The first-order valence-corrected chi connectivity index (χ1v) is 9.08. The summed E-state index contributed by atoms with van der Waals surface area (Å²) in [5.41, 5.74) is -1.65. The second-order valence-electron chi connectivity index (χ2n) is 7.37. The van der Waals surface area contributed by atoms with Gasteiger partial charge in [-0.05, 0) is 45.3 Å². The predicted molar refractivity (Wildman–Crippen MR) is 91.5 cm³/mol. The summed E-state index contributed by atoms with van der Waals surface area (Å²) in [6.45, 7) is 0.139. The Kier molecular flexibility index (Phi) is 5.69. The van der Waals surface area contributed by atoms with E-state index >= 15 is 0 Å². The summed E-state index contributed by atoms with van der Waals surface area (Å²) < 4.78 is 63.4. The number of halogens is 4. The lowest BCUT2D eigenvalue weighted by Gasteiger charge is -2.20. The summed E-state index contributed by atoms with van der Waals surface area (Å²) >= 11 is 0. The normalized spacial score (nSPS) is 21.4. The molecule has 0 bridgehead atoms. The quantitative estimate of drug-likeness (QED) is 0.707. The van der Waals surface area contributed by atoms with Crippen LogP contribution < -0.4 is 14.8 Å². The van der Waals surface area contributed by atoms with Gasteiger partial charge in [-0.3, -0.25) is 9.69 Å².